The maximum Gasteiger partial charge on any atom is 0.191 e. The van der Waals surface area contributed by atoms with Gasteiger partial charge in [0, 0.05) is 38.9 Å². The first-order valence-corrected chi connectivity index (χ1v) is 11.4. The van der Waals surface area contributed by atoms with E-state index in [1.807, 2.05) is 13.1 Å². The maximum atomic E-state index is 5.76. The maximum absolute atomic E-state index is 5.76. The molecule has 1 aromatic heterocycles. The number of nitrogens with one attached hydrogen (secondary N) is 2. The van der Waals surface area contributed by atoms with Gasteiger partial charge in [0.25, 0.3) is 0 Å². The number of rotatable bonds is 7. The van der Waals surface area contributed by atoms with Crippen LogP contribution in [0.3, 0.4) is 0 Å². The SMILES string of the molecule is CN=C(NCC1CCN(c2ccccc2)C1)NCC(c1ccco1)N1CCCCC1. The van der Waals surface area contributed by atoms with Gasteiger partial charge >= 0.3 is 0 Å². The summed E-state index contributed by atoms with van der Waals surface area (Å²) in [6.07, 6.45) is 6.85. The van der Waals surface area contributed by atoms with Gasteiger partial charge in [-0.25, -0.2) is 0 Å². The van der Waals surface area contributed by atoms with E-state index in [1.54, 1.807) is 6.26 Å². The van der Waals surface area contributed by atoms with Crippen molar-refractivity contribution in [2.24, 2.45) is 10.9 Å². The van der Waals surface area contributed by atoms with Gasteiger partial charge in [0.1, 0.15) is 5.76 Å². The molecule has 6 nitrogen and oxygen atoms in total. The molecule has 2 fully saturated rings. The lowest BCUT2D eigenvalue weighted by Gasteiger charge is -2.33. The van der Waals surface area contributed by atoms with Crippen LogP contribution in [-0.2, 0) is 0 Å². The Morgan fingerprint density at radius 3 is 2.63 bits per heavy atom. The van der Waals surface area contributed by atoms with Crippen molar-refractivity contribution in [3.8, 4) is 0 Å². The number of furan rings is 1. The molecule has 2 saturated heterocycles. The van der Waals surface area contributed by atoms with Crippen molar-refractivity contribution < 1.29 is 4.42 Å². The fourth-order valence-corrected chi connectivity index (χ4v) is 4.65. The lowest BCUT2D eigenvalue weighted by Crippen LogP contribution is -2.45. The second-order valence-corrected chi connectivity index (χ2v) is 8.40. The number of nitrogens with zero attached hydrogens (tertiary/aromatic N) is 3. The molecule has 2 N–H and O–H groups in total. The molecule has 2 aliphatic rings. The van der Waals surface area contributed by atoms with Crippen LogP contribution >= 0.6 is 0 Å². The normalized spacial score (nSPS) is 21.6. The smallest absolute Gasteiger partial charge is 0.191 e. The Bertz CT molecular complexity index is 770. The highest BCUT2D eigenvalue weighted by Crippen LogP contribution is 2.25. The molecule has 30 heavy (non-hydrogen) atoms. The summed E-state index contributed by atoms with van der Waals surface area (Å²) in [5.41, 5.74) is 1.32. The zero-order chi connectivity index (χ0) is 20.6. The van der Waals surface area contributed by atoms with E-state index in [-0.39, 0.29) is 6.04 Å². The van der Waals surface area contributed by atoms with Crippen molar-refractivity contribution >= 4 is 11.6 Å². The van der Waals surface area contributed by atoms with Crippen LogP contribution in [0.2, 0.25) is 0 Å². The van der Waals surface area contributed by atoms with Crippen molar-refractivity contribution in [3.63, 3.8) is 0 Å². The molecule has 0 spiro atoms. The van der Waals surface area contributed by atoms with Crippen LogP contribution in [0.4, 0.5) is 5.69 Å². The molecular weight excluding hydrogens is 374 g/mol. The summed E-state index contributed by atoms with van der Waals surface area (Å²) in [4.78, 5) is 9.47. The van der Waals surface area contributed by atoms with Crippen molar-refractivity contribution in [2.75, 3.05) is 51.2 Å². The number of hydrogen-bond donors (Lipinski definition) is 2. The van der Waals surface area contributed by atoms with Crippen molar-refractivity contribution in [3.05, 3.63) is 54.5 Å². The molecule has 2 atom stereocenters. The summed E-state index contributed by atoms with van der Waals surface area (Å²) in [7, 11) is 1.85. The van der Waals surface area contributed by atoms with Crippen LogP contribution in [0.5, 0.6) is 0 Å². The highest BCUT2D eigenvalue weighted by Gasteiger charge is 2.25. The Morgan fingerprint density at radius 2 is 1.90 bits per heavy atom. The van der Waals surface area contributed by atoms with Crippen LogP contribution in [0.15, 0.2) is 58.1 Å². The first kappa shape index (κ1) is 20.8. The first-order chi connectivity index (χ1) is 14.8. The van der Waals surface area contributed by atoms with Crippen molar-refractivity contribution in [2.45, 2.75) is 31.7 Å². The van der Waals surface area contributed by atoms with Gasteiger partial charge < -0.3 is 20.0 Å². The van der Waals surface area contributed by atoms with E-state index in [0.717, 1.165) is 51.0 Å². The van der Waals surface area contributed by atoms with Gasteiger partial charge in [0.05, 0.1) is 12.3 Å². The molecule has 0 radical (unpaired) electrons. The molecule has 6 heteroatoms. The largest absolute Gasteiger partial charge is 0.468 e. The minimum absolute atomic E-state index is 0.249. The molecule has 0 aliphatic carbocycles. The molecule has 2 unspecified atom stereocenters. The molecule has 3 heterocycles. The minimum Gasteiger partial charge on any atom is -0.468 e. The van der Waals surface area contributed by atoms with Crippen molar-refractivity contribution in [1.82, 2.24) is 15.5 Å². The number of benzene rings is 1. The predicted molar refractivity (Wildman–Crippen MR) is 123 cm³/mol. The van der Waals surface area contributed by atoms with Crippen LogP contribution < -0.4 is 15.5 Å². The number of piperidine rings is 1. The van der Waals surface area contributed by atoms with Gasteiger partial charge in [-0.15, -0.1) is 0 Å². The number of hydrogen-bond acceptors (Lipinski definition) is 4. The first-order valence-electron chi connectivity index (χ1n) is 11.4. The lowest BCUT2D eigenvalue weighted by atomic mass is 10.1. The molecule has 0 bridgehead atoms. The van der Waals surface area contributed by atoms with Gasteiger partial charge in [-0.1, -0.05) is 24.6 Å². The summed E-state index contributed by atoms with van der Waals surface area (Å²) in [5.74, 6) is 2.54. The molecule has 162 valence electrons. The Labute approximate surface area is 180 Å². The number of para-hydroxylation sites is 1. The van der Waals surface area contributed by atoms with Crippen LogP contribution in [0.1, 0.15) is 37.5 Å². The zero-order valence-corrected chi connectivity index (χ0v) is 18.1. The molecule has 1 aromatic carbocycles. The monoisotopic (exact) mass is 409 g/mol. The summed E-state index contributed by atoms with van der Waals surface area (Å²) in [5, 5.41) is 7.10. The van der Waals surface area contributed by atoms with Gasteiger partial charge in [0.2, 0.25) is 0 Å². The number of anilines is 1. The Hall–Kier alpha value is -2.47. The summed E-state index contributed by atoms with van der Waals surface area (Å²) < 4.78 is 5.76. The zero-order valence-electron chi connectivity index (χ0n) is 18.1. The molecular formula is C24H35N5O. The average molecular weight is 410 g/mol. The molecule has 2 aliphatic heterocycles. The third-order valence-electron chi connectivity index (χ3n) is 6.35. The van der Waals surface area contributed by atoms with E-state index in [4.69, 9.17) is 4.42 Å². The van der Waals surface area contributed by atoms with Crippen LogP contribution in [0, 0.1) is 5.92 Å². The van der Waals surface area contributed by atoms with Gasteiger partial charge in [-0.3, -0.25) is 9.89 Å². The summed E-state index contributed by atoms with van der Waals surface area (Å²) in [6, 6.07) is 15.0. The molecule has 0 saturated carbocycles. The van der Waals surface area contributed by atoms with E-state index in [2.05, 4.69) is 61.8 Å². The Kier molecular flexibility index (Phi) is 7.29. The second-order valence-electron chi connectivity index (χ2n) is 8.40. The predicted octanol–water partition coefficient (Wildman–Crippen LogP) is 3.50. The van der Waals surface area contributed by atoms with E-state index >= 15 is 0 Å². The highest BCUT2D eigenvalue weighted by molar-refractivity contribution is 5.79. The standard InChI is InChI=1S/C24H35N5O/c1-25-24(26-17-20-12-15-29(19-20)21-9-4-2-5-10-21)27-18-22(23-11-8-16-30-23)28-13-6-3-7-14-28/h2,4-5,8-11,16,20,22H,3,6-7,12-15,17-19H2,1H3,(H2,25,26,27). The van der Waals surface area contributed by atoms with E-state index in [0.29, 0.717) is 5.92 Å². The van der Waals surface area contributed by atoms with Crippen LogP contribution in [-0.4, -0.2) is 57.2 Å². The average Bonchev–Trinajstić information content (AvgIpc) is 3.50. The molecule has 2 aromatic rings. The topological polar surface area (TPSA) is 56.0 Å². The van der Waals surface area contributed by atoms with Crippen molar-refractivity contribution in [1.29, 1.82) is 0 Å². The fraction of sp³-hybridized carbons (Fsp3) is 0.542. The summed E-state index contributed by atoms with van der Waals surface area (Å²) >= 11 is 0. The van der Waals surface area contributed by atoms with E-state index in [9.17, 15) is 0 Å². The van der Waals surface area contributed by atoms with Gasteiger partial charge in [0.15, 0.2) is 5.96 Å². The summed E-state index contributed by atoms with van der Waals surface area (Å²) in [6.45, 7) is 6.23. The third kappa shape index (κ3) is 5.36. The second kappa shape index (κ2) is 10.5. The fourth-order valence-electron chi connectivity index (χ4n) is 4.65. The minimum atomic E-state index is 0.249. The Balaban J connectivity index is 1.27. The van der Waals surface area contributed by atoms with Crippen LogP contribution in [0.25, 0.3) is 0 Å². The number of guanidine groups is 1. The lowest BCUT2D eigenvalue weighted by molar-refractivity contribution is 0.146. The van der Waals surface area contributed by atoms with Gasteiger partial charge in [-0.05, 0) is 62.5 Å². The highest BCUT2D eigenvalue weighted by atomic mass is 16.3. The Morgan fingerprint density at radius 1 is 1.07 bits per heavy atom. The number of aliphatic imine (C=N–C) groups is 1. The molecule has 4 rings (SSSR count). The molecule has 0 amide bonds. The van der Waals surface area contributed by atoms with E-state index < -0.39 is 0 Å². The van der Waals surface area contributed by atoms with Gasteiger partial charge in [-0.2, -0.15) is 0 Å². The number of likely N-dealkylation sites (tertiary alicyclic amines) is 1. The third-order valence-corrected chi connectivity index (χ3v) is 6.35. The van der Waals surface area contributed by atoms with E-state index in [1.165, 1.54) is 31.4 Å². The quantitative estimate of drug-likeness (QED) is 0.542.